The second-order valence-electron chi connectivity index (χ2n) is 7.91. The second kappa shape index (κ2) is 10.8. The summed E-state index contributed by atoms with van der Waals surface area (Å²) < 4.78 is 11.6. The van der Waals surface area contributed by atoms with Gasteiger partial charge in [0.25, 0.3) is 5.91 Å². The zero-order valence-electron chi connectivity index (χ0n) is 18.6. The van der Waals surface area contributed by atoms with Gasteiger partial charge in [0.15, 0.2) is 0 Å². The second-order valence-corrected chi connectivity index (χ2v) is 7.91. The minimum atomic E-state index is -0.183. The molecule has 1 aliphatic rings. The first-order chi connectivity index (χ1) is 15.0. The Morgan fingerprint density at radius 3 is 2.45 bits per heavy atom. The third-order valence-electron chi connectivity index (χ3n) is 5.70. The standard InChI is InChI=1S/C25H32N2O4/c1-4-8-23(19-9-6-5-7-10-19)26-25(29)22-17-21(30-3)11-12-24(22)31-20-13-15-27(16-14-20)18(2)28/h5-7,9-12,17,20,23H,4,8,13-16H2,1-3H3,(H,26,29). The van der Waals surface area contributed by atoms with Crippen molar-refractivity contribution in [3.05, 3.63) is 59.7 Å². The predicted octanol–water partition coefficient (Wildman–Crippen LogP) is 4.36. The summed E-state index contributed by atoms with van der Waals surface area (Å²) in [5, 5.41) is 3.17. The lowest BCUT2D eigenvalue weighted by Crippen LogP contribution is -2.40. The summed E-state index contributed by atoms with van der Waals surface area (Å²) in [6.07, 6.45) is 3.26. The SMILES string of the molecule is CCCC(NC(=O)c1cc(OC)ccc1OC1CCN(C(C)=O)CC1)c1ccccc1. The minimum Gasteiger partial charge on any atom is -0.497 e. The molecule has 2 aromatic carbocycles. The number of piperidine rings is 1. The van der Waals surface area contributed by atoms with Gasteiger partial charge in [-0.2, -0.15) is 0 Å². The molecule has 2 amide bonds. The lowest BCUT2D eigenvalue weighted by Gasteiger charge is -2.32. The van der Waals surface area contributed by atoms with E-state index in [9.17, 15) is 9.59 Å². The van der Waals surface area contributed by atoms with Crippen molar-refractivity contribution in [2.45, 2.75) is 51.7 Å². The molecule has 0 bridgehead atoms. The Balaban J connectivity index is 1.77. The predicted molar refractivity (Wildman–Crippen MR) is 120 cm³/mol. The Morgan fingerprint density at radius 1 is 1.13 bits per heavy atom. The highest BCUT2D eigenvalue weighted by atomic mass is 16.5. The summed E-state index contributed by atoms with van der Waals surface area (Å²) in [6.45, 7) is 5.04. The van der Waals surface area contributed by atoms with Crippen LogP contribution in [0.2, 0.25) is 0 Å². The van der Waals surface area contributed by atoms with Crippen LogP contribution in [0.5, 0.6) is 11.5 Å². The first kappa shape index (κ1) is 22.7. The Hall–Kier alpha value is -3.02. The molecule has 0 aromatic heterocycles. The van der Waals surface area contributed by atoms with Crippen molar-refractivity contribution in [2.24, 2.45) is 0 Å². The number of nitrogens with zero attached hydrogens (tertiary/aromatic N) is 1. The van der Waals surface area contributed by atoms with Crippen LogP contribution < -0.4 is 14.8 Å². The van der Waals surface area contributed by atoms with E-state index in [1.54, 1.807) is 32.2 Å². The Labute approximate surface area is 184 Å². The molecular weight excluding hydrogens is 392 g/mol. The average Bonchev–Trinajstić information content (AvgIpc) is 2.80. The Kier molecular flexibility index (Phi) is 7.93. The van der Waals surface area contributed by atoms with Crippen molar-refractivity contribution in [1.82, 2.24) is 10.2 Å². The van der Waals surface area contributed by atoms with E-state index in [-0.39, 0.29) is 24.0 Å². The van der Waals surface area contributed by atoms with Gasteiger partial charge in [-0.05, 0) is 30.2 Å². The number of amides is 2. The van der Waals surface area contributed by atoms with Crippen LogP contribution >= 0.6 is 0 Å². The van der Waals surface area contributed by atoms with Gasteiger partial charge in [0, 0.05) is 32.9 Å². The fourth-order valence-corrected chi connectivity index (χ4v) is 3.92. The Morgan fingerprint density at radius 2 is 1.84 bits per heavy atom. The lowest BCUT2D eigenvalue weighted by molar-refractivity contribution is -0.130. The number of carbonyl (C=O) groups is 2. The van der Waals surface area contributed by atoms with Crippen LogP contribution in [0, 0.1) is 0 Å². The highest BCUT2D eigenvalue weighted by Crippen LogP contribution is 2.28. The normalized spacial score (nSPS) is 15.3. The fraction of sp³-hybridized carbons (Fsp3) is 0.440. The molecule has 1 N–H and O–H groups in total. The molecule has 1 unspecified atom stereocenters. The molecule has 6 heteroatoms. The van der Waals surface area contributed by atoms with E-state index in [2.05, 4.69) is 12.2 Å². The molecule has 0 spiro atoms. The minimum absolute atomic E-state index is 0.0314. The van der Waals surface area contributed by atoms with E-state index in [4.69, 9.17) is 9.47 Å². The lowest BCUT2D eigenvalue weighted by atomic mass is 10.0. The number of methoxy groups -OCH3 is 1. The third-order valence-corrected chi connectivity index (χ3v) is 5.70. The maximum atomic E-state index is 13.3. The smallest absolute Gasteiger partial charge is 0.255 e. The van der Waals surface area contributed by atoms with Gasteiger partial charge < -0.3 is 19.7 Å². The van der Waals surface area contributed by atoms with Crippen LogP contribution in [-0.2, 0) is 4.79 Å². The molecule has 1 atom stereocenters. The molecule has 3 rings (SSSR count). The van der Waals surface area contributed by atoms with E-state index in [0.717, 1.165) is 31.2 Å². The third kappa shape index (κ3) is 6.00. The molecule has 1 aliphatic heterocycles. The molecular formula is C25H32N2O4. The van der Waals surface area contributed by atoms with E-state index >= 15 is 0 Å². The quantitative estimate of drug-likeness (QED) is 0.684. The van der Waals surface area contributed by atoms with E-state index < -0.39 is 0 Å². The van der Waals surface area contributed by atoms with Crippen molar-refractivity contribution in [1.29, 1.82) is 0 Å². The van der Waals surface area contributed by atoms with Crippen molar-refractivity contribution in [2.75, 3.05) is 20.2 Å². The van der Waals surface area contributed by atoms with Crippen LogP contribution in [-0.4, -0.2) is 43.0 Å². The maximum Gasteiger partial charge on any atom is 0.255 e. The number of benzene rings is 2. The molecule has 0 radical (unpaired) electrons. The van der Waals surface area contributed by atoms with Gasteiger partial charge in [-0.15, -0.1) is 0 Å². The molecule has 2 aromatic rings. The van der Waals surface area contributed by atoms with Crippen LogP contribution in [0.15, 0.2) is 48.5 Å². The maximum absolute atomic E-state index is 13.3. The van der Waals surface area contributed by atoms with Crippen molar-refractivity contribution in [3.8, 4) is 11.5 Å². The van der Waals surface area contributed by atoms with Crippen LogP contribution in [0.1, 0.15) is 61.5 Å². The summed E-state index contributed by atoms with van der Waals surface area (Å²) in [7, 11) is 1.58. The van der Waals surface area contributed by atoms with Crippen molar-refractivity contribution >= 4 is 11.8 Å². The van der Waals surface area contributed by atoms with E-state index in [1.807, 2.05) is 35.2 Å². The first-order valence-corrected chi connectivity index (χ1v) is 11.0. The molecule has 1 saturated heterocycles. The number of rotatable bonds is 8. The molecule has 0 saturated carbocycles. The van der Waals surface area contributed by atoms with Crippen LogP contribution in [0.25, 0.3) is 0 Å². The zero-order valence-corrected chi connectivity index (χ0v) is 18.6. The number of carbonyl (C=O) groups excluding carboxylic acids is 2. The summed E-state index contributed by atoms with van der Waals surface area (Å²) in [5.41, 5.74) is 1.55. The average molecular weight is 425 g/mol. The molecule has 6 nitrogen and oxygen atoms in total. The van der Waals surface area contributed by atoms with Crippen molar-refractivity contribution in [3.63, 3.8) is 0 Å². The van der Waals surface area contributed by atoms with Crippen molar-refractivity contribution < 1.29 is 19.1 Å². The van der Waals surface area contributed by atoms with E-state index in [0.29, 0.717) is 30.2 Å². The highest BCUT2D eigenvalue weighted by Gasteiger charge is 2.25. The number of likely N-dealkylation sites (tertiary alicyclic amines) is 1. The zero-order chi connectivity index (χ0) is 22.2. The molecule has 1 heterocycles. The van der Waals surface area contributed by atoms with Gasteiger partial charge in [0.2, 0.25) is 5.91 Å². The monoisotopic (exact) mass is 424 g/mol. The van der Waals surface area contributed by atoms with E-state index in [1.165, 1.54) is 0 Å². The number of hydrogen-bond acceptors (Lipinski definition) is 4. The van der Waals surface area contributed by atoms with Gasteiger partial charge in [-0.25, -0.2) is 0 Å². The van der Waals surface area contributed by atoms with Gasteiger partial charge in [-0.1, -0.05) is 43.7 Å². The Bertz CT molecular complexity index is 876. The summed E-state index contributed by atoms with van der Waals surface area (Å²) >= 11 is 0. The van der Waals surface area contributed by atoms with Crippen LogP contribution in [0.4, 0.5) is 0 Å². The fourth-order valence-electron chi connectivity index (χ4n) is 3.92. The summed E-state index contributed by atoms with van der Waals surface area (Å²) in [4.78, 5) is 26.7. The number of ether oxygens (including phenoxy) is 2. The highest BCUT2D eigenvalue weighted by molar-refractivity contribution is 5.97. The van der Waals surface area contributed by atoms with Gasteiger partial charge in [0.05, 0.1) is 18.7 Å². The summed E-state index contributed by atoms with van der Waals surface area (Å²) in [6, 6.07) is 15.3. The summed E-state index contributed by atoms with van der Waals surface area (Å²) in [5.74, 6) is 1.06. The largest absolute Gasteiger partial charge is 0.497 e. The number of nitrogens with one attached hydrogen (secondary N) is 1. The van der Waals surface area contributed by atoms with Gasteiger partial charge in [-0.3, -0.25) is 9.59 Å². The molecule has 0 aliphatic carbocycles. The van der Waals surface area contributed by atoms with Gasteiger partial charge >= 0.3 is 0 Å². The first-order valence-electron chi connectivity index (χ1n) is 11.0. The molecule has 166 valence electrons. The van der Waals surface area contributed by atoms with Crippen LogP contribution in [0.3, 0.4) is 0 Å². The molecule has 1 fully saturated rings. The number of hydrogen-bond donors (Lipinski definition) is 1. The van der Waals surface area contributed by atoms with Gasteiger partial charge in [0.1, 0.15) is 17.6 Å². The molecule has 31 heavy (non-hydrogen) atoms. The topological polar surface area (TPSA) is 67.9 Å².